The fraction of sp³-hybridized carbons (Fsp3) is 0.600. The molecule has 0 aliphatic carbocycles. The van der Waals surface area contributed by atoms with Gasteiger partial charge in [-0.25, -0.2) is 0 Å². The van der Waals surface area contributed by atoms with Gasteiger partial charge in [0.2, 0.25) is 0 Å². The van der Waals surface area contributed by atoms with Gasteiger partial charge in [-0.2, -0.15) is 0 Å². The third-order valence-electron chi connectivity index (χ3n) is 3.57. The summed E-state index contributed by atoms with van der Waals surface area (Å²) in [6.45, 7) is 9.32. The van der Waals surface area contributed by atoms with Crippen LogP contribution < -0.4 is 5.32 Å². The van der Waals surface area contributed by atoms with Crippen molar-refractivity contribution in [2.45, 2.75) is 45.8 Å². The molecule has 0 fully saturated rings. The number of rotatable bonds is 6. The summed E-state index contributed by atoms with van der Waals surface area (Å²) in [7, 11) is 2.00. The van der Waals surface area contributed by atoms with Gasteiger partial charge in [0.15, 0.2) is 0 Å². The molecule has 1 N–H and O–H groups in total. The van der Waals surface area contributed by atoms with Crippen molar-refractivity contribution in [3.63, 3.8) is 0 Å². The molecule has 17 heavy (non-hydrogen) atoms. The molecule has 2 unspecified atom stereocenters. The lowest BCUT2D eigenvalue weighted by molar-refractivity contribution is -0.0548. The number of likely N-dealkylation sites (N-methyl/N-ethyl adjacent to an activating group) is 1. The Hall–Kier alpha value is -0.860. The zero-order valence-corrected chi connectivity index (χ0v) is 11.7. The van der Waals surface area contributed by atoms with E-state index < -0.39 is 0 Å². The van der Waals surface area contributed by atoms with Crippen LogP contribution in [0.1, 0.15) is 44.4 Å². The first kappa shape index (κ1) is 14.2. The van der Waals surface area contributed by atoms with Gasteiger partial charge in [-0.15, -0.1) is 0 Å². The molecule has 96 valence electrons. The van der Waals surface area contributed by atoms with E-state index in [0.29, 0.717) is 0 Å². The first-order chi connectivity index (χ1) is 8.09. The van der Waals surface area contributed by atoms with E-state index in [9.17, 15) is 0 Å². The lowest BCUT2D eigenvalue weighted by atomic mass is 9.85. The molecule has 0 bridgehead atoms. The van der Waals surface area contributed by atoms with E-state index in [-0.39, 0.29) is 11.6 Å². The Morgan fingerprint density at radius 2 is 1.94 bits per heavy atom. The molecule has 0 saturated carbocycles. The van der Waals surface area contributed by atoms with E-state index >= 15 is 0 Å². The summed E-state index contributed by atoms with van der Waals surface area (Å²) >= 11 is 0. The highest BCUT2D eigenvalue weighted by Crippen LogP contribution is 2.33. The Labute approximate surface area is 105 Å². The van der Waals surface area contributed by atoms with Crippen molar-refractivity contribution >= 4 is 0 Å². The zero-order valence-electron chi connectivity index (χ0n) is 11.7. The third-order valence-corrected chi connectivity index (χ3v) is 3.57. The van der Waals surface area contributed by atoms with Crippen molar-refractivity contribution in [1.29, 1.82) is 0 Å². The molecule has 2 heteroatoms. The number of nitrogens with one attached hydrogen (secondary N) is 1. The minimum Gasteiger partial charge on any atom is -0.374 e. The second-order valence-electron chi connectivity index (χ2n) is 4.68. The average molecular weight is 235 g/mol. The first-order valence-corrected chi connectivity index (χ1v) is 6.45. The van der Waals surface area contributed by atoms with Crippen molar-refractivity contribution in [2.75, 3.05) is 13.7 Å². The third kappa shape index (κ3) is 3.08. The largest absolute Gasteiger partial charge is 0.374 e. The average Bonchev–Trinajstić information content (AvgIpc) is 2.33. The monoisotopic (exact) mass is 235 g/mol. The maximum Gasteiger partial charge on any atom is 0.0845 e. The van der Waals surface area contributed by atoms with Crippen molar-refractivity contribution in [3.05, 3.63) is 35.4 Å². The predicted molar refractivity (Wildman–Crippen MR) is 73.3 cm³/mol. The van der Waals surface area contributed by atoms with Crippen LogP contribution in [0.25, 0.3) is 0 Å². The maximum atomic E-state index is 5.98. The Kier molecular flexibility index (Phi) is 5.16. The lowest BCUT2D eigenvalue weighted by Gasteiger charge is -2.37. The van der Waals surface area contributed by atoms with Crippen LogP contribution >= 0.6 is 0 Å². The van der Waals surface area contributed by atoms with Gasteiger partial charge in [0.1, 0.15) is 0 Å². The first-order valence-electron chi connectivity index (χ1n) is 6.45. The molecule has 0 amide bonds. The van der Waals surface area contributed by atoms with Gasteiger partial charge in [-0.05, 0) is 45.4 Å². The van der Waals surface area contributed by atoms with Crippen LogP contribution in [0.15, 0.2) is 24.3 Å². The Morgan fingerprint density at radius 1 is 1.29 bits per heavy atom. The van der Waals surface area contributed by atoms with Crippen LogP contribution in [0.5, 0.6) is 0 Å². The van der Waals surface area contributed by atoms with Crippen molar-refractivity contribution in [3.8, 4) is 0 Å². The summed E-state index contributed by atoms with van der Waals surface area (Å²) in [5.41, 5.74) is 2.48. The molecule has 1 aromatic rings. The topological polar surface area (TPSA) is 21.3 Å². The van der Waals surface area contributed by atoms with Crippen LogP contribution in [-0.2, 0) is 4.74 Å². The minimum atomic E-state index is -0.157. The van der Waals surface area contributed by atoms with Gasteiger partial charge in [0.25, 0.3) is 0 Å². The number of aryl methyl sites for hydroxylation is 1. The minimum absolute atomic E-state index is 0.157. The molecule has 2 nitrogen and oxygen atoms in total. The Balaban J connectivity index is 3.09. The molecular formula is C15H25NO. The zero-order chi connectivity index (χ0) is 12.9. The summed E-state index contributed by atoms with van der Waals surface area (Å²) < 4.78 is 5.98. The fourth-order valence-electron chi connectivity index (χ4n) is 2.42. The molecule has 0 saturated heterocycles. The van der Waals surface area contributed by atoms with Gasteiger partial charge in [0, 0.05) is 6.61 Å². The molecule has 1 rings (SSSR count). The van der Waals surface area contributed by atoms with Crippen molar-refractivity contribution in [1.82, 2.24) is 5.32 Å². The normalized spacial score (nSPS) is 16.5. The summed E-state index contributed by atoms with van der Waals surface area (Å²) in [5.74, 6) is 0. The summed E-state index contributed by atoms with van der Waals surface area (Å²) in [5, 5.41) is 3.41. The molecule has 0 aliphatic heterocycles. The van der Waals surface area contributed by atoms with Gasteiger partial charge in [-0.1, -0.05) is 31.2 Å². The van der Waals surface area contributed by atoms with Crippen LogP contribution in [0, 0.1) is 6.92 Å². The number of benzene rings is 1. The van der Waals surface area contributed by atoms with Crippen LogP contribution in [-0.4, -0.2) is 19.3 Å². The lowest BCUT2D eigenvalue weighted by Crippen LogP contribution is -2.42. The molecule has 2 atom stereocenters. The van der Waals surface area contributed by atoms with Gasteiger partial charge < -0.3 is 10.1 Å². The Morgan fingerprint density at radius 3 is 2.41 bits per heavy atom. The van der Waals surface area contributed by atoms with Crippen molar-refractivity contribution in [2.24, 2.45) is 0 Å². The van der Waals surface area contributed by atoms with Gasteiger partial charge in [0.05, 0.1) is 11.6 Å². The smallest absolute Gasteiger partial charge is 0.0845 e. The van der Waals surface area contributed by atoms with E-state index in [0.717, 1.165) is 13.0 Å². The van der Waals surface area contributed by atoms with E-state index in [2.05, 4.69) is 57.3 Å². The molecule has 0 aliphatic rings. The summed E-state index contributed by atoms with van der Waals surface area (Å²) in [6.07, 6.45) is 0.987. The second kappa shape index (κ2) is 6.18. The van der Waals surface area contributed by atoms with Gasteiger partial charge >= 0.3 is 0 Å². The highest BCUT2D eigenvalue weighted by molar-refractivity contribution is 5.30. The molecule has 0 aromatic heterocycles. The second-order valence-corrected chi connectivity index (χ2v) is 4.68. The number of hydrogen-bond donors (Lipinski definition) is 1. The van der Waals surface area contributed by atoms with Gasteiger partial charge in [-0.3, -0.25) is 0 Å². The SMILES string of the molecule is CCOC(C)(CC)C(NC)c1ccccc1C. The summed E-state index contributed by atoms with van der Waals surface area (Å²) in [6, 6.07) is 8.74. The van der Waals surface area contributed by atoms with E-state index in [1.54, 1.807) is 0 Å². The molecule has 1 aromatic carbocycles. The predicted octanol–water partition coefficient (Wildman–Crippen LogP) is 3.46. The standard InChI is InChI=1S/C15H25NO/c1-6-15(4,17-7-2)14(16-5)13-11-9-8-10-12(13)3/h8-11,14,16H,6-7H2,1-5H3. The van der Waals surface area contributed by atoms with Crippen LogP contribution in [0.2, 0.25) is 0 Å². The molecule has 0 heterocycles. The van der Waals surface area contributed by atoms with Crippen LogP contribution in [0.4, 0.5) is 0 Å². The molecule has 0 radical (unpaired) electrons. The highest BCUT2D eigenvalue weighted by Gasteiger charge is 2.33. The molecular weight excluding hydrogens is 210 g/mol. The maximum absolute atomic E-state index is 5.98. The molecule has 0 spiro atoms. The Bertz CT molecular complexity index is 351. The number of hydrogen-bond acceptors (Lipinski definition) is 2. The van der Waals surface area contributed by atoms with Crippen molar-refractivity contribution < 1.29 is 4.74 Å². The quantitative estimate of drug-likeness (QED) is 0.815. The van der Waals surface area contributed by atoms with E-state index in [4.69, 9.17) is 4.74 Å². The van der Waals surface area contributed by atoms with E-state index in [1.807, 2.05) is 7.05 Å². The van der Waals surface area contributed by atoms with Crippen LogP contribution in [0.3, 0.4) is 0 Å². The number of ether oxygens (including phenoxy) is 1. The highest BCUT2D eigenvalue weighted by atomic mass is 16.5. The van der Waals surface area contributed by atoms with E-state index in [1.165, 1.54) is 11.1 Å². The fourth-order valence-corrected chi connectivity index (χ4v) is 2.42. The summed E-state index contributed by atoms with van der Waals surface area (Å²) in [4.78, 5) is 0.